The molecular weight excluding hydrogens is 495 g/mol. The van der Waals surface area contributed by atoms with Crippen LogP contribution >= 0.6 is 34.5 Å². The quantitative estimate of drug-likeness (QED) is 0.367. The molecule has 1 amide bonds. The third-order valence-electron chi connectivity index (χ3n) is 6.40. The van der Waals surface area contributed by atoms with Gasteiger partial charge in [0.05, 0.1) is 22.7 Å². The second-order valence-electron chi connectivity index (χ2n) is 9.52. The van der Waals surface area contributed by atoms with Gasteiger partial charge in [-0.25, -0.2) is 4.79 Å². The van der Waals surface area contributed by atoms with E-state index in [0.29, 0.717) is 37.9 Å². The Balaban J connectivity index is 1.74. The molecule has 0 saturated heterocycles. The largest absolute Gasteiger partial charge is 0.465 e. The SMILES string of the molecule is COC(=O)c1c(NC(=O)c2c(-c3c(Cl)cccc3Cl)noc2C)sc2c1CC[C@H](C(C)(C)C)C2. The number of aromatic nitrogens is 1. The number of carbonyl (C=O) groups excluding carboxylic acids is 2. The van der Waals surface area contributed by atoms with Gasteiger partial charge in [-0.15, -0.1) is 11.3 Å². The number of anilines is 1. The van der Waals surface area contributed by atoms with Crippen molar-refractivity contribution in [2.75, 3.05) is 12.4 Å². The van der Waals surface area contributed by atoms with Gasteiger partial charge >= 0.3 is 5.97 Å². The van der Waals surface area contributed by atoms with Crippen molar-refractivity contribution in [3.8, 4) is 11.3 Å². The molecule has 1 N–H and O–H groups in total. The first-order valence-electron chi connectivity index (χ1n) is 11.0. The minimum atomic E-state index is -0.460. The fraction of sp³-hybridized carbons (Fsp3) is 0.400. The summed E-state index contributed by atoms with van der Waals surface area (Å²) in [5.74, 6) is -0.113. The second kappa shape index (κ2) is 9.36. The fourth-order valence-corrected chi connectivity index (χ4v) is 6.32. The van der Waals surface area contributed by atoms with Crippen LogP contribution in [-0.4, -0.2) is 24.1 Å². The van der Waals surface area contributed by atoms with E-state index in [4.69, 9.17) is 32.5 Å². The molecule has 180 valence electrons. The number of halogens is 2. The van der Waals surface area contributed by atoms with Crippen LogP contribution in [0.25, 0.3) is 11.3 Å². The smallest absolute Gasteiger partial charge is 0.341 e. The topological polar surface area (TPSA) is 81.4 Å². The first-order valence-corrected chi connectivity index (χ1v) is 12.5. The molecule has 0 bridgehead atoms. The van der Waals surface area contributed by atoms with Crippen molar-refractivity contribution in [3.05, 3.63) is 55.6 Å². The number of rotatable bonds is 4. The zero-order valence-electron chi connectivity index (χ0n) is 19.7. The van der Waals surface area contributed by atoms with Crippen molar-refractivity contribution >= 4 is 51.4 Å². The molecule has 9 heteroatoms. The Morgan fingerprint density at radius 3 is 2.50 bits per heavy atom. The van der Waals surface area contributed by atoms with Crippen LogP contribution in [0.2, 0.25) is 10.0 Å². The summed E-state index contributed by atoms with van der Waals surface area (Å²) in [6.45, 7) is 8.34. The van der Waals surface area contributed by atoms with Gasteiger partial charge in [-0.2, -0.15) is 0 Å². The maximum Gasteiger partial charge on any atom is 0.341 e. The lowest BCUT2D eigenvalue weighted by Crippen LogP contribution is -2.26. The van der Waals surface area contributed by atoms with Crippen molar-refractivity contribution in [2.45, 2.75) is 47.0 Å². The van der Waals surface area contributed by atoms with Crippen LogP contribution in [0.4, 0.5) is 5.00 Å². The summed E-state index contributed by atoms with van der Waals surface area (Å²) in [4.78, 5) is 27.3. The number of amides is 1. The Hall–Kier alpha value is -2.35. The molecule has 1 aromatic carbocycles. The lowest BCUT2D eigenvalue weighted by Gasteiger charge is -2.33. The molecule has 4 rings (SSSR count). The number of benzene rings is 1. The highest BCUT2D eigenvalue weighted by atomic mass is 35.5. The normalized spacial score (nSPS) is 15.7. The van der Waals surface area contributed by atoms with Gasteiger partial charge in [0.15, 0.2) is 0 Å². The molecule has 6 nitrogen and oxygen atoms in total. The van der Waals surface area contributed by atoms with Gasteiger partial charge in [-0.05, 0) is 55.2 Å². The maximum atomic E-state index is 13.5. The lowest BCUT2D eigenvalue weighted by atomic mass is 9.72. The third-order valence-corrected chi connectivity index (χ3v) is 8.20. The molecule has 0 spiro atoms. The first kappa shape index (κ1) is 24.8. The van der Waals surface area contributed by atoms with Crippen LogP contribution in [0, 0.1) is 18.3 Å². The van der Waals surface area contributed by atoms with Gasteiger partial charge in [-0.1, -0.05) is 55.2 Å². The van der Waals surface area contributed by atoms with Gasteiger partial charge in [0, 0.05) is 10.4 Å². The first-order chi connectivity index (χ1) is 16.0. The van der Waals surface area contributed by atoms with Gasteiger partial charge in [0.25, 0.3) is 5.91 Å². The number of aryl methyl sites for hydroxylation is 1. The Labute approximate surface area is 212 Å². The number of hydrogen-bond acceptors (Lipinski definition) is 6. The van der Waals surface area contributed by atoms with Crippen LogP contribution in [0.5, 0.6) is 0 Å². The summed E-state index contributed by atoms with van der Waals surface area (Å²) < 4.78 is 10.4. The van der Waals surface area contributed by atoms with Crippen molar-refractivity contribution in [2.24, 2.45) is 11.3 Å². The second-order valence-corrected chi connectivity index (χ2v) is 11.4. The highest BCUT2D eigenvalue weighted by molar-refractivity contribution is 7.17. The molecule has 0 saturated carbocycles. The van der Waals surface area contributed by atoms with Crippen molar-refractivity contribution in [1.82, 2.24) is 5.16 Å². The maximum absolute atomic E-state index is 13.5. The van der Waals surface area contributed by atoms with Gasteiger partial charge < -0.3 is 14.6 Å². The van der Waals surface area contributed by atoms with E-state index in [2.05, 4.69) is 31.2 Å². The molecule has 0 fully saturated rings. The zero-order valence-corrected chi connectivity index (χ0v) is 22.0. The van der Waals surface area contributed by atoms with Crippen molar-refractivity contribution in [1.29, 1.82) is 0 Å². The summed E-state index contributed by atoms with van der Waals surface area (Å²) in [5.41, 5.74) is 2.42. The number of fused-ring (bicyclic) bond motifs is 1. The molecular formula is C25H26Cl2N2O4S. The highest BCUT2D eigenvalue weighted by Crippen LogP contribution is 2.45. The van der Waals surface area contributed by atoms with Gasteiger partial charge in [0.1, 0.15) is 22.0 Å². The van der Waals surface area contributed by atoms with E-state index < -0.39 is 11.9 Å². The molecule has 2 heterocycles. The fourth-order valence-electron chi connectivity index (χ4n) is 4.43. The van der Waals surface area contributed by atoms with E-state index in [1.807, 2.05) is 0 Å². The Morgan fingerprint density at radius 1 is 1.21 bits per heavy atom. The summed E-state index contributed by atoms with van der Waals surface area (Å²) >= 11 is 14.1. The number of ether oxygens (including phenoxy) is 1. The average molecular weight is 521 g/mol. The zero-order chi connectivity index (χ0) is 24.8. The Kier molecular flexibility index (Phi) is 6.82. The Bertz CT molecular complexity index is 1250. The van der Waals surface area contributed by atoms with Crippen LogP contribution in [0.3, 0.4) is 0 Å². The van der Waals surface area contributed by atoms with Crippen LogP contribution < -0.4 is 5.32 Å². The van der Waals surface area contributed by atoms with E-state index in [0.717, 1.165) is 29.7 Å². The minimum Gasteiger partial charge on any atom is -0.465 e. The monoisotopic (exact) mass is 520 g/mol. The number of carbonyl (C=O) groups is 2. The van der Waals surface area contributed by atoms with Crippen LogP contribution in [0.15, 0.2) is 22.7 Å². The van der Waals surface area contributed by atoms with E-state index >= 15 is 0 Å². The summed E-state index contributed by atoms with van der Waals surface area (Å²) in [7, 11) is 1.35. The van der Waals surface area contributed by atoms with Crippen molar-refractivity contribution in [3.63, 3.8) is 0 Å². The highest BCUT2D eigenvalue weighted by Gasteiger charge is 2.35. The number of thiophene rings is 1. The third kappa shape index (κ3) is 4.49. The van der Waals surface area contributed by atoms with E-state index in [9.17, 15) is 9.59 Å². The predicted molar refractivity (Wildman–Crippen MR) is 135 cm³/mol. The molecule has 0 aliphatic heterocycles. The molecule has 3 aromatic rings. The summed E-state index contributed by atoms with van der Waals surface area (Å²) in [6.07, 6.45) is 2.60. The van der Waals surface area contributed by atoms with E-state index in [1.54, 1.807) is 25.1 Å². The van der Waals surface area contributed by atoms with Crippen molar-refractivity contribution < 1.29 is 18.8 Å². The molecule has 0 unspecified atom stereocenters. The Morgan fingerprint density at radius 2 is 1.88 bits per heavy atom. The van der Waals surface area contributed by atoms with E-state index in [1.165, 1.54) is 18.4 Å². The number of nitrogens with one attached hydrogen (secondary N) is 1. The number of hydrogen-bond donors (Lipinski definition) is 1. The predicted octanol–water partition coefficient (Wildman–Crippen LogP) is 7.21. The number of esters is 1. The molecule has 34 heavy (non-hydrogen) atoms. The average Bonchev–Trinajstić information content (AvgIpc) is 3.32. The molecule has 1 atom stereocenters. The molecule has 0 radical (unpaired) electrons. The van der Waals surface area contributed by atoms with Crippen LogP contribution in [-0.2, 0) is 17.6 Å². The van der Waals surface area contributed by atoms with Gasteiger partial charge in [-0.3, -0.25) is 4.79 Å². The van der Waals surface area contributed by atoms with E-state index in [-0.39, 0.29) is 16.7 Å². The number of nitrogens with zero attached hydrogens (tertiary/aromatic N) is 1. The lowest BCUT2D eigenvalue weighted by molar-refractivity contribution is 0.0600. The summed E-state index contributed by atoms with van der Waals surface area (Å²) in [5, 5.41) is 8.14. The minimum absolute atomic E-state index is 0.152. The summed E-state index contributed by atoms with van der Waals surface area (Å²) in [6, 6.07) is 5.05. The standard InChI is InChI=1S/C25H26Cl2N2O4S/c1-12-18(21(29-33-12)20-15(26)7-6-8-16(20)27)22(30)28-23-19(24(31)32-5)14-10-9-13(25(2,3)4)11-17(14)34-23/h6-8,13H,9-11H2,1-5H3,(H,28,30)/t13-/m0/s1. The molecule has 1 aliphatic carbocycles. The van der Waals surface area contributed by atoms with Gasteiger partial charge in [0.2, 0.25) is 0 Å². The number of methoxy groups -OCH3 is 1. The molecule has 2 aromatic heterocycles. The van der Waals surface area contributed by atoms with Crippen LogP contribution in [0.1, 0.15) is 64.1 Å². The molecule has 1 aliphatic rings.